The van der Waals surface area contributed by atoms with E-state index < -0.39 is 34.4 Å². The summed E-state index contributed by atoms with van der Waals surface area (Å²) in [6, 6.07) is 6.54. The van der Waals surface area contributed by atoms with Gasteiger partial charge >= 0.3 is 0 Å². The molecule has 9 heteroatoms. The fourth-order valence-electron chi connectivity index (χ4n) is 2.23. The minimum Gasteiger partial charge on any atom is -0.368 e. The van der Waals surface area contributed by atoms with Crippen LogP contribution in [0.25, 0.3) is 0 Å². The second kappa shape index (κ2) is 7.47. The molecule has 0 unspecified atom stereocenters. The number of amides is 2. The number of halogens is 2. The number of nitro groups is 1. The molecule has 2 amide bonds. The van der Waals surface area contributed by atoms with Gasteiger partial charge < -0.3 is 11.1 Å². The molecule has 0 aliphatic carbocycles. The number of hydrogen-bond donors (Lipinski definition) is 2. The first-order valence-electron chi connectivity index (χ1n) is 7.06. The van der Waals surface area contributed by atoms with Crippen LogP contribution in [-0.2, 0) is 11.2 Å². The van der Waals surface area contributed by atoms with Gasteiger partial charge in [0.1, 0.15) is 17.7 Å². The van der Waals surface area contributed by atoms with Crippen LogP contribution in [-0.4, -0.2) is 22.8 Å². The minimum absolute atomic E-state index is 0.182. The molecule has 0 heterocycles. The molecule has 3 N–H and O–H groups in total. The summed E-state index contributed by atoms with van der Waals surface area (Å²) in [7, 11) is 0. The van der Waals surface area contributed by atoms with Crippen LogP contribution in [0.15, 0.2) is 42.5 Å². The maximum atomic E-state index is 13.2. The van der Waals surface area contributed by atoms with Crippen molar-refractivity contribution in [2.45, 2.75) is 12.5 Å². The van der Waals surface area contributed by atoms with Crippen LogP contribution >= 0.6 is 0 Å². The molecular formula is C16H13F2N3O4. The number of carbonyl (C=O) groups is 2. The average Bonchev–Trinajstić information content (AvgIpc) is 2.53. The van der Waals surface area contributed by atoms with Gasteiger partial charge in [-0.2, -0.15) is 0 Å². The molecule has 7 nitrogen and oxygen atoms in total. The minimum atomic E-state index is -1.29. The van der Waals surface area contributed by atoms with E-state index in [0.29, 0.717) is 6.07 Å². The molecule has 0 fully saturated rings. The molecule has 25 heavy (non-hydrogen) atoms. The molecular weight excluding hydrogens is 336 g/mol. The van der Waals surface area contributed by atoms with Crippen molar-refractivity contribution < 1.29 is 23.3 Å². The van der Waals surface area contributed by atoms with Gasteiger partial charge in [0.25, 0.3) is 11.6 Å². The van der Waals surface area contributed by atoms with Crippen molar-refractivity contribution in [1.82, 2.24) is 5.32 Å². The second-order valence-electron chi connectivity index (χ2n) is 5.18. The van der Waals surface area contributed by atoms with Crippen molar-refractivity contribution in [2.75, 3.05) is 0 Å². The van der Waals surface area contributed by atoms with Gasteiger partial charge in [-0.05, 0) is 12.1 Å². The lowest BCUT2D eigenvalue weighted by molar-refractivity contribution is -0.385. The Morgan fingerprint density at radius 1 is 1.16 bits per heavy atom. The highest BCUT2D eigenvalue weighted by Gasteiger charge is 2.24. The molecule has 2 aromatic carbocycles. The molecule has 0 saturated carbocycles. The summed E-state index contributed by atoms with van der Waals surface area (Å²) in [6.07, 6.45) is -0.240. The van der Waals surface area contributed by atoms with Gasteiger partial charge in [0.05, 0.1) is 4.92 Å². The van der Waals surface area contributed by atoms with Crippen molar-refractivity contribution in [1.29, 1.82) is 0 Å². The Bertz CT molecular complexity index is 822. The molecule has 130 valence electrons. The first-order valence-corrected chi connectivity index (χ1v) is 7.06. The van der Waals surface area contributed by atoms with Crippen molar-refractivity contribution in [3.8, 4) is 0 Å². The van der Waals surface area contributed by atoms with Crippen molar-refractivity contribution in [3.05, 3.63) is 75.3 Å². The molecule has 0 spiro atoms. The molecule has 2 aromatic rings. The van der Waals surface area contributed by atoms with Gasteiger partial charge in [0.15, 0.2) is 0 Å². The third-order valence-electron chi connectivity index (χ3n) is 3.39. The quantitative estimate of drug-likeness (QED) is 0.610. The van der Waals surface area contributed by atoms with Gasteiger partial charge in [-0.1, -0.05) is 18.2 Å². The smallest absolute Gasteiger partial charge is 0.272 e. The van der Waals surface area contributed by atoms with E-state index in [1.165, 1.54) is 24.3 Å². The number of benzene rings is 2. The number of para-hydroxylation sites is 1. The van der Waals surface area contributed by atoms with Crippen molar-refractivity contribution in [2.24, 2.45) is 5.73 Å². The van der Waals surface area contributed by atoms with E-state index in [1.54, 1.807) is 0 Å². The van der Waals surface area contributed by atoms with E-state index >= 15 is 0 Å². The highest BCUT2D eigenvalue weighted by atomic mass is 19.1. The van der Waals surface area contributed by atoms with E-state index in [4.69, 9.17) is 5.73 Å². The van der Waals surface area contributed by atoms with Gasteiger partial charge in [0, 0.05) is 29.7 Å². The van der Waals surface area contributed by atoms with Gasteiger partial charge in [-0.25, -0.2) is 8.78 Å². The standard InChI is InChI=1S/C16H13F2N3O4/c17-11-5-10(6-12(18)8-11)16(23)20-13(15(19)22)7-9-3-1-2-4-14(9)21(24)25/h1-6,8,13H,7H2,(H2,19,22)(H,20,23)/t13-/m1/s1. The summed E-state index contributed by atoms with van der Waals surface area (Å²) in [5, 5.41) is 13.2. The fraction of sp³-hybridized carbons (Fsp3) is 0.125. The van der Waals surface area contributed by atoms with Crippen LogP contribution in [0.5, 0.6) is 0 Å². The Morgan fingerprint density at radius 3 is 2.32 bits per heavy atom. The monoisotopic (exact) mass is 349 g/mol. The summed E-state index contributed by atoms with van der Waals surface area (Å²) in [4.78, 5) is 34.0. The third kappa shape index (κ3) is 4.56. The van der Waals surface area contributed by atoms with Crippen molar-refractivity contribution in [3.63, 3.8) is 0 Å². The molecule has 2 rings (SSSR count). The number of nitrogens with zero attached hydrogens (tertiary/aromatic N) is 1. The largest absolute Gasteiger partial charge is 0.368 e. The fourth-order valence-corrected chi connectivity index (χ4v) is 2.23. The first kappa shape index (κ1) is 18.0. The summed E-state index contributed by atoms with van der Waals surface area (Å²) in [6.45, 7) is 0. The first-order chi connectivity index (χ1) is 11.8. The highest BCUT2D eigenvalue weighted by molar-refractivity contribution is 5.97. The summed E-state index contributed by atoms with van der Waals surface area (Å²) in [5.41, 5.74) is 4.83. The van der Waals surface area contributed by atoms with Crippen LogP contribution in [0, 0.1) is 21.7 Å². The summed E-state index contributed by atoms with van der Waals surface area (Å²) in [5.74, 6) is -3.79. The lowest BCUT2D eigenvalue weighted by Gasteiger charge is -2.16. The predicted octanol–water partition coefficient (Wildman–Crippen LogP) is 1.70. The van der Waals surface area contributed by atoms with Crippen LogP contribution in [0.3, 0.4) is 0 Å². The summed E-state index contributed by atoms with van der Waals surface area (Å²) < 4.78 is 26.4. The molecule has 0 bridgehead atoms. The van der Waals surface area contributed by atoms with Crippen LogP contribution in [0.1, 0.15) is 15.9 Å². The number of rotatable bonds is 6. The zero-order valence-electron chi connectivity index (χ0n) is 12.7. The third-order valence-corrected chi connectivity index (χ3v) is 3.39. The number of carbonyl (C=O) groups excluding carboxylic acids is 2. The lowest BCUT2D eigenvalue weighted by atomic mass is 10.0. The second-order valence-corrected chi connectivity index (χ2v) is 5.18. The topological polar surface area (TPSA) is 115 Å². The zero-order valence-corrected chi connectivity index (χ0v) is 12.7. The Kier molecular flexibility index (Phi) is 5.38. The number of hydrogen-bond acceptors (Lipinski definition) is 4. The van der Waals surface area contributed by atoms with Crippen molar-refractivity contribution >= 4 is 17.5 Å². The van der Waals surface area contributed by atoms with E-state index in [1.807, 2.05) is 0 Å². The molecule has 0 aliphatic rings. The maximum absolute atomic E-state index is 13.2. The number of nitro benzene ring substituents is 1. The van der Waals surface area contributed by atoms with E-state index in [2.05, 4.69) is 5.32 Å². The predicted molar refractivity (Wildman–Crippen MR) is 83.6 cm³/mol. The van der Waals surface area contributed by atoms with Crippen LogP contribution in [0.4, 0.5) is 14.5 Å². The Hall–Kier alpha value is -3.36. The Morgan fingerprint density at radius 2 is 1.76 bits per heavy atom. The number of nitrogens with two attached hydrogens (primary N) is 1. The van der Waals surface area contributed by atoms with Gasteiger partial charge in [-0.15, -0.1) is 0 Å². The Balaban J connectivity index is 2.23. The van der Waals surface area contributed by atoms with Gasteiger partial charge in [0.2, 0.25) is 5.91 Å². The normalized spacial score (nSPS) is 11.6. The maximum Gasteiger partial charge on any atom is 0.272 e. The van der Waals surface area contributed by atoms with E-state index in [9.17, 15) is 28.5 Å². The van der Waals surface area contributed by atoms with Crippen LogP contribution in [0.2, 0.25) is 0 Å². The SMILES string of the molecule is NC(=O)[C@@H](Cc1ccccc1[N+](=O)[O-])NC(=O)c1cc(F)cc(F)c1. The molecule has 0 saturated heterocycles. The number of primary amides is 1. The molecule has 0 radical (unpaired) electrons. The van der Waals surface area contributed by atoms with E-state index in [0.717, 1.165) is 12.1 Å². The molecule has 0 aliphatic heterocycles. The average molecular weight is 349 g/mol. The molecule has 1 atom stereocenters. The molecule has 0 aromatic heterocycles. The van der Waals surface area contributed by atoms with Gasteiger partial charge in [-0.3, -0.25) is 19.7 Å². The Labute approximate surface area is 140 Å². The van der Waals surface area contributed by atoms with Crippen LogP contribution < -0.4 is 11.1 Å². The summed E-state index contributed by atoms with van der Waals surface area (Å²) >= 11 is 0. The number of nitrogens with one attached hydrogen (secondary N) is 1. The zero-order chi connectivity index (χ0) is 18.6. The van der Waals surface area contributed by atoms with E-state index in [-0.39, 0.29) is 23.2 Å². The lowest BCUT2D eigenvalue weighted by Crippen LogP contribution is -2.46. The highest BCUT2D eigenvalue weighted by Crippen LogP contribution is 2.19.